The number of amides is 1. The van der Waals surface area contributed by atoms with Gasteiger partial charge in [-0.25, -0.2) is 5.43 Å². The van der Waals surface area contributed by atoms with Crippen LogP contribution in [-0.4, -0.2) is 17.4 Å². The van der Waals surface area contributed by atoms with Gasteiger partial charge in [-0.15, -0.1) is 11.8 Å². The normalized spacial score (nSPS) is 12.3. The first-order chi connectivity index (χ1) is 11.1. The average molecular weight is 367 g/mol. The summed E-state index contributed by atoms with van der Waals surface area (Å²) in [7, 11) is 0. The van der Waals surface area contributed by atoms with Gasteiger partial charge in [0.2, 0.25) is 0 Å². The molecule has 1 unspecified atom stereocenters. The van der Waals surface area contributed by atoms with E-state index >= 15 is 0 Å². The lowest BCUT2D eigenvalue weighted by atomic mass is 10.2. The number of nitrogens with one attached hydrogen (secondary N) is 1. The number of carbonyl (C=O) groups excluding carboxylic acids is 1. The molecule has 0 radical (unpaired) electrons. The van der Waals surface area contributed by atoms with E-state index in [9.17, 15) is 4.79 Å². The zero-order valence-corrected chi connectivity index (χ0v) is 14.8. The van der Waals surface area contributed by atoms with Gasteiger partial charge in [0.05, 0.1) is 21.5 Å². The molecule has 0 aromatic heterocycles. The molecule has 0 spiro atoms. The van der Waals surface area contributed by atoms with Crippen LogP contribution in [-0.2, 0) is 10.5 Å². The molecule has 0 aliphatic heterocycles. The molecule has 2 rings (SSSR count). The van der Waals surface area contributed by atoms with Crippen molar-refractivity contribution in [3.8, 4) is 0 Å². The molecule has 3 nitrogen and oxygen atoms in total. The minimum absolute atomic E-state index is 0.162. The highest BCUT2D eigenvalue weighted by Gasteiger charge is 2.12. The maximum Gasteiger partial charge on any atom is 0.252 e. The van der Waals surface area contributed by atoms with Crippen LogP contribution >= 0.6 is 35.0 Å². The second-order valence-corrected chi connectivity index (χ2v) is 6.95. The van der Waals surface area contributed by atoms with E-state index in [1.54, 1.807) is 30.0 Å². The molecule has 2 aromatic carbocycles. The molecule has 0 aliphatic carbocycles. The van der Waals surface area contributed by atoms with Gasteiger partial charge < -0.3 is 0 Å². The number of hydrogen-bond donors (Lipinski definition) is 1. The van der Waals surface area contributed by atoms with Crippen LogP contribution in [0.25, 0.3) is 0 Å². The second-order valence-electron chi connectivity index (χ2n) is 4.81. The Kier molecular flexibility index (Phi) is 6.96. The van der Waals surface area contributed by atoms with Gasteiger partial charge >= 0.3 is 0 Å². The zero-order chi connectivity index (χ0) is 16.7. The molecule has 23 heavy (non-hydrogen) atoms. The Hall–Kier alpha value is -1.49. The highest BCUT2D eigenvalue weighted by atomic mass is 35.5. The van der Waals surface area contributed by atoms with Crippen LogP contribution in [0.4, 0.5) is 0 Å². The van der Waals surface area contributed by atoms with Crippen molar-refractivity contribution in [1.29, 1.82) is 0 Å². The van der Waals surface area contributed by atoms with Gasteiger partial charge in [-0.1, -0.05) is 59.6 Å². The maximum atomic E-state index is 12.0. The Morgan fingerprint density at radius 3 is 2.48 bits per heavy atom. The molecule has 0 saturated carbocycles. The summed E-state index contributed by atoms with van der Waals surface area (Å²) < 4.78 is 0. The van der Waals surface area contributed by atoms with Gasteiger partial charge in [-0.3, -0.25) is 4.79 Å². The van der Waals surface area contributed by atoms with Crippen molar-refractivity contribution >= 4 is 47.1 Å². The molecule has 0 saturated heterocycles. The maximum absolute atomic E-state index is 12.0. The number of nitrogens with zero attached hydrogens (tertiary/aromatic N) is 1. The van der Waals surface area contributed by atoms with E-state index in [0.29, 0.717) is 15.6 Å². The number of hydrazone groups is 1. The number of thioether (sulfide) groups is 1. The van der Waals surface area contributed by atoms with Gasteiger partial charge in [-0.2, -0.15) is 5.10 Å². The van der Waals surface area contributed by atoms with Crippen molar-refractivity contribution in [2.75, 3.05) is 0 Å². The molecule has 0 aliphatic rings. The number of rotatable bonds is 6. The summed E-state index contributed by atoms with van der Waals surface area (Å²) in [5.41, 5.74) is 4.28. The van der Waals surface area contributed by atoms with Crippen LogP contribution < -0.4 is 5.43 Å². The highest BCUT2D eigenvalue weighted by Crippen LogP contribution is 2.22. The summed E-state index contributed by atoms with van der Waals surface area (Å²) in [4.78, 5) is 12.0. The topological polar surface area (TPSA) is 41.5 Å². The molecule has 1 N–H and O–H groups in total. The Morgan fingerprint density at radius 2 is 1.83 bits per heavy atom. The van der Waals surface area contributed by atoms with E-state index < -0.39 is 0 Å². The molecular weight excluding hydrogens is 351 g/mol. The molecule has 0 bridgehead atoms. The number of halogens is 2. The van der Waals surface area contributed by atoms with Crippen molar-refractivity contribution in [2.45, 2.75) is 17.9 Å². The van der Waals surface area contributed by atoms with Gasteiger partial charge in [0.25, 0.3) is 5.91 Å². The van der Waals surface area contributed by atoms with E-state index in [1.807, 2.05) is 37.3 Å². The number of carbonyl (C=O) groups is 1. The van der Waals surface area contributed by atoms with Crippen LogP contribution in [0.2, 0.25) is 10.0 Å². The molecule has 1 atom stereocenters. The van der Waals surface area contributed by atoms with Crippen LogP contribution in [0, 0.1) is 0 Å². The van der Waals surface area contributed by atoms with Crippen molar-refractivity contribution < 1.29 is 4.79 Å². The Labute approximate surface area is 150 Å². The largest absolute Gasteiger partial charge is 0.272 e. The lowest BCUT2D eigenvalue weighted by Gasteiger charge is -2.09. The van der Waals surface area contributed by atoms with Crippen molar-refractivity contribution in [2.24, 2.45) is 5.10 Å². The van der Waals surface area contributed by atoms with Gasteiger partial charge in [0.1, 0.15) is 0 Å². The van der Waals surface area contributed by atoms with Crippen LogP contribution in [0.3, 0.4) is 0 Å². The van der Waals surface area contributed by atoms with Gasteiger partial charge in [0, 0.05) is 11.3 Å². The first-order valence-electron chi connectivity index (χ1n) is 7.00. The highest BCUT2D eigenvalue weighted by molar-refractivity contribution is 7.99. The predicted molar refractivity (Wildman–Crippen MR) is 99.4 cm³/mol. The van der Waals surface area contributed by atoms with E-state index in [2.05, 4.69) is 10.5 Å². The molecule has 120 valence electrons. The second kappa shape index (κ2) is 8.96. The first-order valence-corrected chi connectivity index (χ1v) is 8.81. The summed E-state index contributed by atoms with van der Waals surface area (Å²) in [6.07, 6.45) is 1.46. The third-order valence-electron chi connectivity index (χ3n) is 3.08. The zero-order valence-electron chi connectivity index (χ0n) is 12.5. The molecule has 6 heteroatoms. The fraction of sp³-hybridized carbons (Fsp3) is 0.176. The standard InChI is InChI=1S/C17H16Cl2N2OS/c1-12(23-11-13-6-3-2-4-7-13)17(22)21-20-10-14-15(18)8-5-9-16(14)19/h2-10,12H,11H2,1H3,(H,21,22)/b20-10+. The van der Waals surface area contributed by atoms with E-state index in [-0.39, 0.29) is 11.2 Å². The van der Waals surface area contributed by atoms with Crippen LogP contribution in [0.1, 0.15) is 18.1 Å². The van der Waals surface area contributed by atoms with Crippen molar-refractivity contribution in [1.82, 2.24) is 5.43 Å². The summed E-state index contributed by atoms with van der Waals surface area (Å²) in [5.74, 6) is 0.612. The number of benzene rings is 2. The van der Waals surface area contributed by atoms with Gasteiger partial charge in [0.15, 0.2) is 0 Å². The fourth-order valence-electron chi connectivity index (χ4n) is 1.76. The molecule has 0 fully saturated rings. The van der Waals surface area contributed by atoms with E-state index in [0.717, 1.165) is 5.75 Å². The van der Waals surface area contributed by atoms with E-state index in [4.69, 9.17) is 23.2 Å². The first kappa shape index (κ1) is 17.9. The SMILES string of the molecule is CC(SCc1ccccc1)C(=O)N/N=C/c1c(Cl)cccc1Cl. The molecule has 0 heterocycles. The molecule has 1 amide bonds. The summed E-state index contributed by atoms with van der Waals surface area (Å²) >= 11 is 13.6. The molecule has 2 aromatic rings. The summed E-state index contributed by atoms with van der Waals surface area (Å²) in [6, 6.07) is 15.2. The van der Waals surface area contributed by atoms with Gasteiger partial charge in [-0.05, 0) is 24.6 Å². The Bertz CT molecular complexity index is 672. The Balaban J connectivity index is 1.85. The quantitative estimate of drug-likeness (QED) is 0.591. The average Bonchev–Trinajstić information content (AvgIpc) is 2.56. The fourth-order valence-corrected chi connectivity index (χ4v) is 3.09. The minimum atomic E-state index is -0.214. The summed E-state index contributed by atoms with van der Waals surface area (Å²) in [6.45, 7) is 1.85. The van der Waals surface area contributed by atoms with Crippen molar-refractivity contribution in [3.63, 3.8) is 0 Å². The lowest BCUT2D eigenvalue weighted by molar-refractivity contribution is -0.120. The summed E-state index contributed by atoms with van der Waals surface area (Å²) in [5, 5.41) is 4.69. The molecular formula is C17H16Cl2N2OS. The lowest BCUT2D eigenvalue weighted by Crippen LogP contribution is -2.27. The van der Waals surface area contributed by atoms with Crippen LogP contribution in [0.15, 0.2) is 53.6 Å². The smallest absolute Gasteiger partial charge is 0.252 e. The van der Waals surface area contributed by atoms with Crippen LogP contribution in [0.5, 0.6) is 0 Å². The minimum Gasteiger partial charge on any atom is -0.272 e. The Morgan fingerprint density at radius 1 is 1.17 bits per heavy atom. The third-order valence-corrected chi connectivity index (χ3v) is 4.95. The predicted octanol–water partition coefficient (Wildman–Crippen LogP) is 4.77. The monoisotopic (exact) mass is 366 g/mol. The third kappa shape index (κ3) is 5.57. The van der Waals surface area contributed by atoms with E-state index in [1.165, 1.54) is 11.8 Å². The van der Waals surface area contributed by atoms with Crippen molar-refractivity contribution in [3.05, 3.63) is 69.7 Å². The number of hydrogen-bond acceptors (Lipinski definition) is 3.